The Labute approximate surface area is 98.8 Å². The van der Waals surface area contributed by atoms with E-state index in [2.05, 4.69) is 0 Å². The molecule has 5 nitrogen and oxygen atoms in total. The van der Waals surface area contributed by atoms with Crippen molar-refractivity contribution in [3.8, 4) is 0 Å². The number of anilines is 1. The minimum absolute atomic E-state index is 0.567. The molecule has 1 aromatic rings. The van der Waals surface area contributed by atoms with Gasteiger partial charge in [-0.15, -0.1) is 0 Å². The number of hydrogen-bond donors (Lipinski definition) is 2. The van der Waals surface area contributed by atoms with Crippen molar-refractivity contribution in [1.82, 2.24) is 0 Å². The summed E-state index contributed by atoms with van der Waals surface area (Å²) in [5.74, 6) is -0.809. The Hall–Kier alpha value is -2.04. The number of carboxylic acids is 1. The lowest BCUT2D eigenvalue weighted by Crippen LogP contribution is -2.32. The summed E-state index contributed by atoms with van der Waals surface area (Å²) in [5, 5.41) is 9.19. The van der Waals surface area contributed by atoms with E-state index in [1.54, 1.807) is 31.3 Å². The smallest absolute Gasteiger partial charge is 0.318 e. The predicted octanol–water partition coefficient (Wildman–Crippen LogP) is 1.32. The number of aliphatic carboxylic acids is 1. The van der Waals surface area contributed by atoms with Crippen LogP contribution in [-0.2, 0) is 10.2 Å². The van der Waals surface area contributed by atoms with Crippen LogP contribution in [0.3, 0.4) is 0 Å². The Morgan fingerprint density at radius 3 is 2.53 bits per heavy atom. The zero-order chi connectivity index (χ0) is 12.6. The van der Waals surface area contributed by atoms with Gasteiger partial charge in [0.25, 0.3) is 0 Å². The van der Waals surface area contributed by atoms with Gasteiger partial charge in [0.15, 0.2) is 0 Å². The molecule has 1 aliphatic rings. The Kier molecular flexibility index (Phi) is 2.53. The Morgan fingerprint density at radius 2 is 2.06 bits per heavy atom. The quantitative estimate of drug-likeness (QED) is 0.827. The van der Waals surface area contributed by atoms with Crippen molar-refractivity contribution >= 4 is 17.7 Å². The summed E-state index contributed by atoms with van der Waals surface area (Å²) < 4.78 is 0. The number of carbonyl (C=O) groups is 2. The Morgan fingerprint density at radius 1 is 1.41 bits per heavy atom. The third-order valence-corrected chi connectivity index (χ3v) is 3.28. The van der Waals surface area contributed by atoms with Crippen LogP contribution in [0.15, 0.2) is 24.3 Å². The van der Waals surface area contributed by atoms with E-state index in [1.165, 1.54) is 4.90 Å². The van der Waals surface area contributed by atoms with Gasteiger partial charge in [-0.3, -0.25) is 9.69 Å². The van der Waals surface area contributed by atoms with Crippen LogP contribution in [-0.4, -0.2) is 24.2 Å². The number of carbonyl (C=O) groups excluding carboxylic acids is 1. The fourth-order valence-electron chi connectivity index (χ4n) is 1.89. The maximum atomic E-state index is 11.2. The van der Waals surface area contributed by atoms with E-state index in [-0.39, 0.29) is 0 Å². The second kappa shape index (κ2) is 3.76. The maximum absolute atomic E-state index is 11.2. The molecular weight excluding hydrogens is 220 g/mol. The number of urea groups is 1. The minimum Gasteiger partial charge on any atom is -0.481 e. The largest absolute Gasteiger partial charge is 0.481 e. The SMILES string of the molecule is CN(C(N)=O)c1cccc(C2(C(=O)O)CC2)c1. The standard InChI is InChI=1S/C12H14N2O3/c1-14(11(13)17)9-4-2-3-8(7-9)12(5-6-12)10(15)16/h2-4,7H,5-6H2,1H3,(H2,13,17)(H,15,16). The second-order valence-corrected chi connectivity index (χ2v) is 4.33. The first-order valence-corrected chi connectivity index (χ1v) is 5.34. The van der Waals surface area contributed by atoms with Gasteiger partial charge in [-0.1, -0.05) is 12.1 Å². The second-order valence-electron chi connectivity index (χ2n) is 4.33. The van der Waals surface area contributed by atoms with Crippen LogP contribution in [0, 0.1) is 0 Å². The summed E-state index contributed by atoms with van der Waals surface area (Å²) in [6, 6.07) is 6.40. The molecule has 0 bridgehead atoms. The number of rotatable bonds is 3. The fraction of sp³-hybridized carbons (Fsp3) is 0.333. The van der Waals surface area contributed by atoms with Gasteiger partial charge >= 0.3 is 12.0 Å². The predicted molar refractivity (Wildman–Crippen MR) is 63.0 cm³/mol. The normalized spacial score (nSPS) is 16.3. The van der Waals surface area contributed by atoms with E-state index < -0.39 is 17.4 Å². The fourth-order valence-corrected chi connectivity index (χ4v) is 1.89. The van der Waals surface area contributed by atoms with Crippen molar-refractivity contribution in [1.29, 1.82) is 0 Å². The van der Waals surface area contributed by atoms with Crippen LogP contribution in [0.5, 0.6) is 0 Å². The Bertz CT molecular complexity index is 480. The molecule has 3 N–H and O–H groups in total. The number of nitrogens with two attached hydrogens (primary N) is 1. The average molecular weight is 234 g/mol. The van der Waals surface area contributed by atoms with E-state index in [0.717, 1.165) is 5.56 Å². The minimum atomic E-state index is -0.809. The van der Waals surface area contributed by atoms with E-state index in [0.29, 0.717) is 18.5 Å². The van der Waals surface area contributed by atoms with Crippen molar-refractivity contribution in [3.63, 3.8) is 0 Å². The molecule has 90 valence electrons. The van der Waals surface area contributed by atoms with E-state index >= 15 is 0 Å². The summed E-state index contributed by atoms with van der Waals surface area (Å²) in [5.41, 5.74) is 5.76. The van der Waals surface area contributed by atoms with Gasteiger partial charge in [-0.2, -0.15) is 0 Å². The van der Waals surface area contributed by atoms with Crippen LogP contribution in [0.4, 0.5) is 10.5 Å². The molecule has 0 saturated heterocycles. The van der Waals surface area contributed by atoms with Gasteiger partial charge in [0.05, 0.1) is 5.41 Å². The molecule has 0 atom stereocenters. The monoisotopic (exact) mass is 234 g/mol. The lowest BCUT2D eigenvalue weighted by Gasteiger charge is -2.17. The highest BCUT2D eigenvalue weighted by Gasteiger charge is 2.51. The third kappa shape index (κ3) is 1.84. The zero-order valence-electron chi connectivity index (χ0n) is 9.51. The van der Waals surface area contributed by atoms with Gasteiger partial charge in [0.2, 0.25) is 0 Å². The summed E-state index contributed by atoms with van der Waals surface area (Å²) >= 11 is 0. The molecule has 1 aliphatic carbocycles. The van der Waals surface area contributed by atoms with Gasteiger partial charge in [0.1, 0.15) is 0 Å². The van der Waals surface area contributed by atoms with Crippen molar-refractivity contribution in [2.24, 2.45) is 5.73 Å². The third-order valence-electron chi connectivity index (χ3n) is 3.28. The van der Waals surface area contributed by atoms with Gasteiger partial charge in [-0.05, 0) is 30.5 Å². The highest BCUT2D eigenvalue weighted by molar-refractivity contribution is 5.91. The van der Waals surface area contributed by atoms with Gasteiger partial charge in [-0.25, -0.2) is 4.79 Å². The van der Waals surface area contributed by atoms with Crippen molar-refractivity contribution < 1.29 is 14.7 Å². The molecule has 17 heavy (non-hydrogen) atoms. The number of hydrogen-bond acceptors (Lipinski definition) is 2. The van der Waals surface area contributed by atoms with Crippen LogP contribution in [0.25, 0.3) is 0 Å². The summed E-state index contributed by atoms with van der Waals surface area (Å²) in [4.78, 5) is 23.5. The van der Waals surface area contributed by atoms with E-state index in [1.807, 2.05) is 0 Å². The highest BCUT2D eigenvalue weighted by atomic mass is 16.4. The molecule has 0 radical (unpaired) electrons. The first-order chi connectivity index (χ1) is 7.97. The number of amides is 2. The molecule has 2 amide bonds. The van der Waals surface area contributed by atoms with Crippen LogP contribution in [0.1, 0.15) is 18.4 Å². The van der Waals surface area contributed by atoms with Crippen LogP contribution < -0.4 is 10.6 Å². The summed E-state index contributed by atoms with van der Waals surface area (Å²) in [6.07, 6.45) is 1.29. The van der Waals surface area contributed by atoms with Crippen LogP contribution in [0.2, 0.25) is 0 Å². The first kappa shape index (κ1) is 11.4. The van der Waals surface area contributed by atoms with E-state index in [4.69, 9.17) is 5.73 Å². The van der Waals surface area contributed by atoms with Gasteiger partial charge < -0.3 is 10.8 Å². The molecule has 1 saturated carbocycles. The van der Waals surface area contributed by atoms with Crippen molar-refractivity contribution in [2.45, 2.75) is 18.3 Å². The maximum Gasteiger partial charge on any atom is 0.318 e. The molecule has 5 heteroatoms. The molecule has 2 rings (SSSR count). The van der Waals surface area contributed by atoms with E-state index in [9.17, 15) is 14.7 Å². The highest BCUT2D eigenvalue weighted by Crippen LogP contribution is 2.48. The summed E-state index contributed by atoms with van der Waals surface area (Å²) in [7, 11) is 1.56. The lowest BCUT2D eigenvalue weighted by molar-refractivity contribution is -0.140. The van der Waals surface area contributed by atoms with Crippen LogP contribution >= 0.6 is 0 Å². The first-order valence-electron chi connectivity index (χ1n) is 5.34. The molecule has 1 aromatic carbocycles. The molecule has 0 spiro atoms. The number of primary amides is 1. The molecular formula is C12H14N2O3. The average Bonchev–Trinajstić information content (AvgIpc) is 3.09. The number of benzene rings is 1. The van der Waals surface area contributed by atoms with Crippen molar-refractivity contribution in [2.75, 3.05) is 11.9 Å². The zero-order valence-corrected chi connectivity index (χ0v) is 9.51. The van der Waals surface area contributed by atoms with Gasteiger partial charge in [0, 0.05) is 12.7 Å². The molecule has 0 heterocycles. The number of nitrogens with zero attached hydrogens (tertiary/aromatic N) is 1. The van der Waals surface area contributed by atoms with Crippen molar-refractivity contribution in [3.05, 3.63) is 29.8 Å². The summed E-state index contributed by atoms with van der Waals surface area (Å²) in [6.45, 7) is 0. The molecule has 0 aliphatic heterocycles. The number of carboxylic acid groups (broad SMARTS) is 1. The topological polar surface area (TPSA) is 83.6 Å². The molecule has 1 fully saturated rings. The Balaban J connectivity index is 2.36. The lowest BCUT2D eigenvalue weighted by atomic mass is 9.95. The molecule has 0 unspecified atom stereocenters. The molecule has 0 aromatic heterocycles.